The fourth-order valence-electron chi connectivity index (χ4n) is 2.37. The number of halogens is 1. The van der Waals surface area contributed by atoms with Gasteiger partial charge in [-0.1, -0.05) is 0 Å². The SMILES string of the molecule is Cc1cc(-c2csc(Nc3ccc4c(c3)OCO4)n2)ccc1F. The molecule has 0 amide bonds. The molecule has 2 aromatic carbocycles. The standard InChI is InChI=1S/C17H13FN2O2S/c1-10-6-11(2-4-13(10)18)14-8-23-17(20-14)19-12-3-5-15-16(7-12)22-9-21-15/h2-8H,9H2,1H3,(H,19,20). The molecule has 0 bridgehead atoms. The molecule has 1 aromatic heterocycles. The zero-order chi connectivity index (χ0) is 15.8. The number of hydrogen-bond donors (Lipinski definition) is 1. The Morgan fingerprint density at radius 3 is 2.87 bits per heavy atom. The van der Waals surface area contributed by atoms with Gasteiger partial charge in [-0.15, -0.1) is 11.3 Å². The molecular formula is C17H13FN2O2S. The van der Waals surface area contributed by atoms with Gasteiger partial charge in [-0.05, 0) is 42.8 Å². The van der Waals surface area contributed by atoms with Crippen molar-refractivity contribution in [2.24, 2.45) is 0 Å². The Bertz CT molecular complexity index is 879. The van der Waals surface area contributed by atoms with Crippen molar-refractivity contribution < 1.29 is 13.9 Å². The van der Waals surface area contributed by atoms with Gasteiger partial charge in [0.15, 0.2) is 16.6 Å². The fourth-order valence-corrected chi connectivity index (χ4v) is 3.11. The second-order valence-corrected chi connectivity index (χ2v) is 6.05. The lowest BCUT2D eigenvalue weighted by Gasteiger charge is -2.04. The van der Waals surface area contributed by atoms with E-state index < -0.39 is 0 Å². The maximum atomic E-state index is 13.4. The molecule has 6 heteroatoms. The maximum Gasteiger partial charge on any atom is 0.231 e. The summed E-state index contributed by atoms with van der Waals surface area (Å²) in [6, 6.07) is 10.7. The minimum atomic E-state index is -0.206. The molecule has 116 valence electrons. The van der Waals surface area contributed by atoms with Crippen LogP contribution in [0.4, 0.5) is 15.2 Å². The van der Waals surface area contributed by atoms with Gasteiger partial charge in [-0.3, -0.25) is 0 Å². The van der Waals surface area contributed by atoms with Crippen LogP contribution in [0.3, 0.4) is 0 Å². The number of nitrogens with zero attached hydrogens (tertiary/aromatic N) is 1. The van der Waals surface area contributed by atoms with E-state index >= 15 is 0 Å². The summed E-state index contributed by atoms with van der Waals surface area (Å²) in [5.74, 6) is 1.26. The molecule has 0 unspecified atom stereocenters. The van der Waals surface area contributed by atoms with Crippen LogP contribution < -0.4 is 14.8 Å². The van der Waals surface area contributed by atoms with Crippen LogP contribution in [0.1, 0.15) is 5.56 Å². The second-order valence-electron chi connectivity index (χ2n) is 5.19. The van der Waals surface area contributed by atoms with Crippen molar-refractivity contribution in [3.63, 3.8) is 0 Å². The monoisotopic (exact) mass is 328 g/mol. The first-order chi connectivity index (χ1) is 11.2. The normalized spacial score (nSPS) is 12.4. The van der Waals surface area contributed by atoms with E-state index in [-0.39, 0.29) is 12.6 Å². The molecular weight excluding hydrogens is 315 g/mol. The second kappa shape index (κ2) is 5.55. The first kappa shape index (κ1) is 14.0. The van der Waals surface area contributed by atoms with Crippen molar-refractivity contribution >= 4 is 22.2 Å². The molecule has 0 saturated heterocycles. The third kappa shape index (κ3) is 2.73. The van der Waals surface area contributed by atoms with Gasteiger partial charge in [-0.25, -0.2) is 9.37 Å². The van der Waals surface area contributed by atoms with Gasteiger partial charge in [0.2, 0.25) is 6.79 Å². The largest absolute Gasteiger partial charge is 0.454 e. The number of ether oxygens (including phenoxy) is 2. The van der Waals surface area contributed by atoms with E-state index in [1.165, 1.54) is 17.4 Å². The Balaban J connectivity index is 1.57. The molecule has 2 heterocycles. The Morgan fingerprint density at radius 1 is 1.13 bits per heavy atom. The van der Waals surface area contributed by atoms with Crippen LogP contribution in [0.15, 0.2) is 41.8 Å². The zero-order valence-electron chi connectivity index (χ0n) is 12.3. The van der Waals surface area contributed by atoms with E-state index in [0.717, 1.165) is 33.6 Å². The lowest BCUT2D eigenvalue weighted by atomic mass is 10.1. The van der Waals surface area contributed by atoms with Gasteiger partial charge >= 0.3 is 0 Å². The first-order valence-corrected chi connectivity index (χ1v) is 7.96. The number of fused-ring (bicyclic) bond motifs is 1. The lowest BCUT2D eigenvalue weighted by molar-refractivity contribution is 0.174. The maximum absolute atomic E-state index is 13.4. The van der Waals surface area contributed by atoms with Crippen molar-refractivity contribution in [2.75, 3.05) is 12.1 Å². The van der Waals surface area contributed by atoms with Crippen LogP contribution in [-0.4, -0.2) is 11.8 Å². The molecule has 0 radical (unpaired) electrons. The molecule has 1 aliphatic rings. The van der Waals surface area contributed by atoms with Gasteiger partial charge in [-0.2, -0.15) is 0 Å². The Morgan fingerprint density at radius 2 is 2.00 bits per heavy atom. The molecule has 3 aromatic rings. The molecule has 0 spiro atoms. The van der Waals surface area contributed by atoms with Crippen molar-refractivity contribution in [3.05, 3.63) is 53.2 Å². The number of aryl methyl sites for hydroxylation is 1. The number of nitrogens with one attached hydrogen (secondary N) is 1. The number of aromatic nitrogens is 1. The highest BCUT2D eigenvalue weighted by molar-refractivity contribution is 7.14. The van der Waals surface area contributed by atoms with E-state index in [2.05, 4.69) is 10.3 Å². The Kier molecular flexibility index (Phi) is 3.38. The quantitative estimate of drug-likeness (QED) is 0.755. The highest BCUT2D eigenvalue weighted by Gasteiger charge is 2.14. The first-order valence-electron chi connectivity index (χ1n) is 7.08. The number of hydrogen-bond acceptors (Lipinski definition) is 5. The van der Waals surface area contributed by atoms with E-state index in [9.17, 15) is 4.39 Å². The Labute approximate surface area is 136 Å². The summed E-state index contributed by atoms with van der Waals surface area (Å²) in [5, 5.41) is 5.96. The molecule has 1 N–H and O–H groups in total. The Hall–Kier alpha value is -2.60. The van der Waals surface area contributed by atoms with E-state index in [1.54, 1.807) is 19.1 Å². The van der Waals surface area contributed by atoms with Crippen LogP contribution in [0.2, 0.25) is 0 Å². The summed E-state index contributed by atoms with van der Waals surface area (Å²) in [4.78, 5) is 4.55. The number of rotatable bonds is 3. The van der Waals surface area contributed by atoms with Crippen molar-refractivity contribution in [1.82, 2.24) is 4.98 Å². The highest BCUT2D eigenvalue weighted by atomic mass is 32.1. The van der Waals surface area contributed by atoms with E-state index in [0.29, 0.717) is 5.56 Å². The molecule has 23 heavy (non-hydrogen) atoms. The van der Waals surface area contributed by atoms with E-state index in [1.807, 2.05) is 23.6 Å². The van der Waals surface area contributed by atoms with Crippen LogP contribution in [0.25, 0.3) is 11.3 Å². The average Bonchev–Trinajstić information content (AvgIpc) is 3.19. The molecule has 0 aliphatic carbocycles. The predicted molar refractivity (Wildman–Crippen MR) is 88.1 cm³/mol. The van der Waals surface area contributed by atoms with Crippen molar-refractivity contribution in [2.45, 2.75) is 6.92 Å². The van der Waals surface area contributed by atoms with Gasteiger partial charge in [0, 0.05) is 22.7 Å². The predicted octanol–water partition coefficient (Wildman–Crippen LogP) is 4.73. The molecule has 1 aliphatic heterocycles. The van der Waals surface area contributed by atoms with Crippen molar-refractivity contribution in [3.8, 4) is 22.8 Å². The summed E-state index contributed by atoms with van der Waals surface area (Å²) < 4.78 is 24.0. The smallest absolute Gasteiger partial charge is 0.231 e. The highest BCUT2D eigenvalue weighted by Crippen LogP contribution is 2.36. The minimum Gasteiger partial charge on any atom is -0.454 e. The lowest BCUT2D eigenvalue weighted by Crippen LogP contribution is -1.93. The summed E-state index contributed by atoms with van der Waals surface area (Å²) >= 11 is 1.49. The third-order valence-corrected chi connectivity index (χ3v) is 4.34. The topological polar surface area (TPSA) is 43.4 Å². The van der Waals surface area contributed by atoms with Gasteiger partial charge in [0.05, 0.1) is 5.69 Å². The van der Waals surface area contributed by atoms with Gasteiger partial charge in [0.1, 0.15) is 5.82 Å². The van der Waals surface area contributed by atoms with Crippen LogP contribution in [0, 0.1) is 12.7 Å². The number of anilines is 2. The van der Waals surface area contributed by atoms with Crippen LogP contribution >= 0.6 is 11.3 Å². The van der Waals surface area contributed by atoms with Gasteiger partial charge < -0.3 is 14.8 Å². The molecule has 0 fully saturated rings. The number of benzene rings is 2. The molecule has 0 atom stereocenters. The zero-order valence-corrected chi connectivity index (χ0v) is 13.1. The summed E-state index contributed by atoms with van der Waals surface area (Å²) in [6.45, 7) is 2.00. The van der Waals surface area contributed by atoms with Crippen LogP contribution in [-0.2, 0) is 0 Å². The summed E-state index contributed by atoms with van der Waals surface area (Å²) in [7, 11) is 0. The summed E-state index contributed by atoms with van der Waals surface area (Å²) in [5.41, 5.74) is 3.21. The van der Waals surface area contributed by atoms with E-state index in [4.69, 9.17) is 9.47 Å². The van der Waals surface area contributed by atoms with Crippen LogP contribution in [0.5, 0.6) is 11.5 Å². The third-order valence-electron chi connectivity index (χ3n) is 3.58. The molecule has 4 rings (SSSR count). The molecule has 0 saturated carbocycles. The fraction of sp³-hybridized carbons (Fsp3) is 0.118. The summed E-state index contributed by atoms with van der Waals surface area (Å²) in [6.07, 6.45) is 0. The van der Waals surface area contributed by atoms with Gasteiger partial charge in [0.25, 0.3) is 0 Å². The minimum absolute atomic E-state index is 0.206. The number of thiazole rings is 1. The average molecular weight is 328 g/mol. The molecule has 4 nitrogen and oxygen atoms in total. The van der Waals surface area contributed by atoms with Crippen molar-refractivity contribution in [1.29, 1.82) is 0 Å².